The van der Waals surface area contributed by atoms with E-state index in [4.69, 9.17) is 4.74 Å². The first kappa shape index (κ1) is 21.4. The summed E-state index contributed by atoms with van der Waals surface area (Å²) >= 11 is 0. The average Bonchev–Trinajstić information content (AvgIpc) is 3.21. The fraction of sp³-hybridized carbons (Fsp3) is 0.156. The molecule has 0 radical (unpaired) electrons. The molecule has 6 rings (SSSR count). The number of para-hydroxylation sites is 1. The van der Waals surface area contributed by atoms with Crippen LogP contribution in [0.15, 0.2) is 96.9 Å². The second kappa shape index (κ2) is 8.92. The van der Waals surface area contributed by atoms with Crippen molar-refractivity contribution >= 4 is 17.9 Å². The summed E-state index contributed by atoms with van der Waals surface area (Å²) in [4.78, 5) is 13.9. The van der Waals surface area contributed by atoms with Crippen molar-refractivity contribution in [1.82, 2.24) is 5.32 Å². The standard InChI is InChI=1S/C32H27NO2/c1-35-31-13-7-6-11-27(31)32(34)22-19-28-25-15-14-21-9-4-5-10-23(21)24(25)16-17-26(28)29(20-22)30-12-3-2-8-18-33-30/h2-13,15-19,22,29,33H,14,20H2,1H3. The number of benzene rings is 3. The van der Waals surface area contributed by atoms with Gasteiger partial charge in [-0.15, -0.1) is 0 Å². The molecule has 3 heteroatoms. The third-order valence-electron chi connectivity index (χ3n) is 7.32. The van der Waals surface area contributed by atoms with Gasteiger partial charge in [0.15, 0.2) is 5.78 Å². The maximum Gasteiger partial charge on any atom is 0.173 e. The van der Waals surface area contributed by atoms with Crippen LogP contribution >= 0.6 is 0 Å². The largest absolute Gasteiger partial charge is 0.496 e. The van der Waals surface area contributed by atoms with E-state index in [0.717, 1.165) is 12.1 Å². The van der Waals surface area contributed by atoms with Crippen LogP contribution in [0.5, 0.6) is 5.75 Å². The van der Waals surface area contributed by atoms with Gasteiger partial charge in [-0.25, -0.2) is 0 Å². The van der Waals surface area contributed by atoms with Crippen LogP contribution in [-0.2, 0) is 6.42 Å². The second-order valence-electron chi connectivity index (χ2n) is 9.23. The van der Waals surface area contributed by atoms with Crippen molar-refractivity contribution in [3.05, 3.63) is 124 Å². The Labute approximate surface area is 205 Å². The van der Waals surface area contributed by atoms with Crippen LogP contribution in [0.1, 0.15) is 33.8 Å². The van der Waals surface area contributed by atoms with Crippen LogP contribution in [-0.4, -0.2) is 12.9 Å². The van der Waals surface area contributed by atoms with Crippen LogP contribution in [0.3, 0.4) is 0 Å². The van der Waals surface area contributed by atoms with E-state index in [-0.39, 0.29) is 17.6 Å². The highest BCUT2D eigenvalue weighted by Crippen LogP contribution is 2.36. The molecule has 3 nitrogen and oxygen atoms in total. The first-order valence-electron chi connectivity index (χ1n) is 12.1. The van der Waals surface area contributed by atoms with E-state index in [1.807, 2.05) is 42.6 Å². The number of carbonyl (C=O) groups excluding carboxylic acids is 1. The maximum atomic E-state index is 13.9. The number of allylic oxidation sites excluding steroid dienone is 5. The third kappa shape index (κ3) is 3.74. The lowest BCUT2D eigenvalue weighted by Gasteiger charge is -2.30. The highest BCUT2D eigenvalue weighted by molar-refractivity contribution is 6.03. The Kier molecular flexibility index (Phi) is 5.46. The van der Waals surface area contributed by atoms with Crippen molar-refractivity contribution in [1.29, 1.82) is 0 Å². The highest BCUT2D eigenvalue weighted by Gasteiger charge is 2.32. The minimum atomic E-state index is -0.250. The number of ether oxygens (including phenoxy) is 1. The third-order valence-corrected chi connectivity index (χ3v) is 7.32. The number of fused-ring (bicyclic) bond motifs is 5. The Bertz CT molecular complexity index is 1540. The van der Waals surface area contributed by atoms with Gasteiger partial charge in [0.05, 0.1) is 12.7 Å². The molecule has 0 spiro atoms. The lowest BCUT2D eigenvalue weighted by Crippen LogP contribution is -2.40. The predicted molar refractivity (Wildman–Crippen MR) is 141 cm³/mol. The molecule has 172 valence electrons. The monoisotopic (exact) mass is 457 g/mol. The number of nitrogens with one attached hydrogen (secondary N) is 1. The van der Waals surface area contributed by atoms with Crippen molar-refractivity contribution in [3.8, 4) is 16.9 Å². The van der Waals surface area contributed by atoms with Crippen LogP contribution in [0.2, 0.25) is 0 Å². The highest BCUT2D eigenvalue weighted by atomic mass is 16.5. The summed E-state index contributed by atoms with van der Waals surface area (Å²) in [5, 5.41) is 5.89. The van der Waals surface area contributed by atoms with Gasteiger partial charge in [0.1, 0.15) is 5.75 Å². The lowest BCUT2D eigenvalue weighted by atomic mass is 9.75. The zero-order chi connectivity index (χ0) is 23.8. The Morgan fingerprint density at radius 2 is 1.77 bits per heavy atom. The van der Waals surface area contributed by atoms with Gasteiger partial charge in [-0.05, 0) is 69.8 Å². The smallest absolute Gasteiger partial charge is 0.173 e. The van der Waals surface area contributed by atoms with Gasteiger partial charge in [-0.2, -0.15) is 0 Å². The van der Waals surface area contributed by atoms with E-state index in [9.17, 15) is 4.79 Å². The average molecular weight is 458 g/mol. The Morgan fingerprint density at radius 3 is 2.69 bits per heavy atom. The van der Waals surface area contributed by atoms with Crippen molar-refractivity contribution in [2.45, 2.75) is 18.8 Å². The molecule has 3 aromatic rings. The van der Waals surface area contributed by atoms with Gasteiger partial charge < -0.3 is 10.1 Å². The van der Waals surface area contributed by atoms with Crippen molar-refractivity contribution in [3.63, 3.8) is 0 Å². The fourth-order valence-electron chi connectivity index (χ4n) is 5.63. The summed E-state index contributed by atoms with van der Waals surface area (Å²) in [6, 6.07) is 20.7. The first-order valence-corrected chi connectivity index (χ1v) is 12.1. The number of methoxy groups -OCH3 is 1. The summed E-state index contributed by atoms with van der Waals surface area (Å²) in [7, 11) is 1.62. The van der Waals surface area contributed by atoms with Gasteiger partial charge in [0.25, 0.3) is 0 Å². The molecule has 0 saturated heterocycles. The zero-order valence-electron chi connectivity index (χ0n) is 19.7. The molecule has 2 aliphatic carbocycles. The quantitative estimate of drug-likeness (QED) is 0.559. The van der Waals surface area contributed by atoms with Gasteiger partial charge in [0, 0.05) is 23.7 Å². The molecule has 0 fully saturated rings. The lowest BCUT2D eigenvalue weighted by molar-refractivity contribution is 0.0940. The topological polar surface area (TPSA) is 38.3 Å². The Hall–Kier alpha value is -4.11. The summed E-state index contributed by atoms with van der Waals surface area (Å²) < 4.78 is 5.53. The molecule has 35 heavy (non-hydrogen) atoms. The van der Waals surface area contributed by atoms with E-state index in [1.165, 1.54) is 32.7 Å². The van der Waals surface area contributed by atoms with Crippen LogP contribution in [0, 0.1) is 5.92 Å². The number of hydrogen-bond donors (Lipinski definition) is 1. The molecule has 0 saturated carbocycles. The summed E-state index contributed by atoms with van der Waals surface area (Å²) in [5.74, 6) is 0.565. The predicted octanol–water partition coefficient (Wildman–Crippen LogP) is 5.02. The van der Waals surface area contributed by atoms with Crippen LogP contribution < -0.4 is 20.5 Å². The molecule has 2 unspecified atom stereocenters. The Morgan fingerprint density at radius 1 is 0.914 bits per heavy atom. The van der Waals surface area contributed by atoms with E-state index < -0.39 is 0 Å². The molecule has 1 N–H and O–H groups in total. The van der Waals surface area contributed by atoms with Gasteiger partial charge in [-0.1, -0.05) is 72.8 Å². The van der Waals surface area contributed by atoms with Crippen molar-refractivity contribution in [2.24, 2.45) is 5.92 Å². The van der Waals surface area contributed by atoms with Gasteiger partial charge in [-0.3, -0.25) is 4.79 Å². The van der Waals surface area contributed by atoms with E-state index >= 15 is 0 Å². The number of ketones is 1. The molecule has 3 aromatic carbocycles. The van der Waals surface area contributed by atoms with E-state index in [2.05, 4.69) is 66.0 Å². The SMILES string of the molecule is COc1ccccc1C(=O)C1C=c2c(ccc3c2=CCc2ccccc2-3)C(C2=CC=CC=CN2)C1. The van der Waals surface area contributed by atoms with Crippen LogP contribution in [0.25, 0.3) is 23.3 Å². The van der Waals surface area contributed by atoms with Crippen molar-refractivity contribution < 1.29 is 9.53 Å². The summed E-state index contributed by atoms with van der Waals surface area (Å²) in [5.41, 5.74) is 6.89. The van der Waals surface area contributed by atoms with E-state index in [1.54, 1.807) is 7.11 Å². The van der Waals surface area contributed by atoms with E-state index in [0.29, 0.717) is 17.7 Å². The van der Waals surface area contributed by atoms with Crippen molar-refractivity contribution in [2.75, 3.05) is 7.11 Å². The van der Waals surface area contributed by atoms with Crippen LogP contribution in [0.4, 0.5) is 0 Å². The maximum absolute atomic E-state index is 13.9. The molecule has 0 amide bonds. The molecule has 3 aliphatic rings. The first-order chi connectivity index (χ1) is 17.2. The molecule has 2 atom stereocenters. The number of rotatable bonds is 4. The minimum absolute atomic E-state index is 0.0851. The molecular weight excluding hydrogens is 430 g/mol. The van der Waals surface area contributed by atoms with Gasteiger partial charge >= 0.3 is 0 Å². The zero-order valence-corrected chi connectivity index (χ0v) is 19.7. The molecule has 0 bridgehead atoms. The minimum Gasteiger partial charge on any atom is -0.496 e. The molecule has 1 heterocycles. The normalized spacial score (nSPS) is 19.5. The Balaban J connectivity index is 1.55. The number of carbonyl (C=O) groups is 1. The molecular formula is C32H27NO2. The second-order valence-corrected chi connectivity index (χ2v) is 9.23. The number of hydrogen-bond acceptors (Lipinski definition) is 3. The fourth-order valence-corrected chi connectivity index (χ4v) is 5.63. The molecule has 1 aliphatic heterocycles. The molecule has 0 aromatic heterocycles. The number of Topliss-reactive ketones (excluding diaryl/α,β-unsaturated/α-hetero) is 1. The summed E-state index contributed by atoms with van der Waals surface area (Å²) in [6.07, 6.45) is 16.3. The summed E-state index contributed by atoms with van der Waals surface area (Å²) in [6.45, 7) is 0. The van der Waals surface area contributed by atoms with Gasteiger partial charge in [0.2, 0.25) is 0 Å².